The molecule has 154 valence electrons. The number of nitrogens with zero attached hydrogens (tertiary/aromatic N) is 1. The van der Waals surface area contributed by atoms with Crippen LogP contribution in [-0.4, -0.2) is 45.3 Å². The summed E-state index contributed by atoms with van der Waals surface area (Å²) < 4.78 is 10.6. The molecule has 0 aliphatic rings. The number of methoxy groups -OCH3 is 1. The third kappa shape index (κ3) is 11.7. The van der Waals surface area contributed by atoms with E-state index in [1.165, 1.54) is 7.11 Å². The molecule has 1 aromatic rings. The van der Waals surface area contributed by atoms with Gasteiger partial charge in [-0.25, -0.2) is 0 Å². The lowest BCUT2D eigenvalue weighted by Crippen LogP contribution is -2.42. The van der Waals surface area contributed by atoms with Crippen LogP contribution in [0, 0.1) is 6.92 Å². The lowest BCUT2D eigenvalue weighted by Gasteiger charge is -2.18. The van der Waals surface area contributed by atoms with E-state index in [0.717, 1.165) is 49.5 Å². The first-order valence-corrected chi connectivity index (χ1v) is 9.30. The van der Waals surface area contributed by atoms with Gasteiger partial charge in [-0.1, -0.05) is 31.0 Å². The van der Waals surface area contributed by atoms with Crippen LogP contribution in [0.15, 0.2) is 29.3 Å². The van der Waals surface area contributed by atoms with Crippen LogP contribution in [0.2, 0.25) is 0 Å². The van der Waals surface area contributed by atoms with Gasteiger partial charge < -0.3 is 20.1 Å². The molecule has 0 aliphatic heterocycles. The first-order chi connectivity index (χ1) is 12.6. The van der Waals surface area contributed by atoms with Crippen LogP contribution >= 0.6 is 24.0 Å². The molecule has 0 heterocycles. The number of guanidine groups is 1. The fraction of sp³-hybridized carbons (Fsp3) is 0.600. The first-order valence-electron chi connectivity index (χ1n) is 9.30. The van der Waals surface area contributed by atoms with Crippen molar-refractivity contribution in [2.24, 2.45) is 4.99 Å². The van der Waals surface area contributed by atoms with E-state index in [2.05, 4.69) is 20.4 Å². The number of aliphatic imine (C=N–C) groups is 1. The quantitative estimate of drug-likeness (QED) is 0.163. The molecule has 1 aromatic carbocycles. The first kappa shape index (κ1) is 25.5. The van der Waals surface area contributed by atoms with Gasteiger partial charge >= 0.3 is 5.97 Å². The number of nitrogens with one attached hydrogen (secondary N) is 2. The highest BCUT2D eigenvalue weighted by molar-refractivity contribution is 14.0. The largest absolute Gasteiger partial charge is 0.489 e. The number of para-hydroxylation sites is 1. The molecular weight excluding hydrogens is 457 g/mol. The number of aryl methyl sites for hydroxylation is 1. The zero-order chi connectivity index (χ0) is 19.2. The number of carbonyl (C=O) groups excluding carboxylic acids is 1. The topological polar surface area (TPSA) is 72.0 Å². The van der Waals surface area contributed by atoms with Crippen molar-refractivity contribution < 1.29 is 14.3 Å². The molecular formula is C20H34IN3O3. The third-order valence-electron chi connectivity index (χ3n) is 4.03. The Labute approximate surface area is 180 Å². The van der Waals surface area contributed by atoms with Crippen LogP contribution in [0.25, 0.3) is 0 Å². The number of hydrogen-bond acceptors (Lipinski definition) is 4. The van der Waals surface area contributed by atoms with Crippen molar-refractivity contribution in [1.82, 2.24) is 10.6 Å². The Balaban J connectivity index is 0.00000676. The third-order valence-corrected chi connectivity index (χ3v) is 4.03. The van der Waals surface area contributed by atoms with E-state index in [4.69, 9.17) is 4.74 Å². The molecule has 0 saturated carbocycles. The molecule has 1 rings (SSSR count). The van der Waals surface area contributed by atoms with Gasteiger partial charge in [0.15, 0.2) is 5.96 Å². The molecule has 0 aromatic heterocycles. The van der Waals surface area contributed by atoms with Gasteiger partial charge in [-0.3, -0.25) is 9.79 Å². The molecule has 27 heavy (non-hydrogen) atoms. The number of benzene rings is 1. The molecule has 6 nitrogen and oxygen atoms in total. The number of halogens is 1. The Morgan fingerprint density at radius 2 is 1.85 bits per heavy atom. The Morgan fingerprint density at radius 1 is 1.15 bits per heavy atom. The summed E-state index contributed by atoms with van der Waals surface area (Å²) in [5.41, 5.74) is 1.13. The van der Waals surface area contributed by atoms with Crippen LogP contribution in [0.3, 0.4) is 0 Å². The zero-order valence-corrected chi connectivity index (χ0v) is 19.2. The normalized spacial score (nSPS) is 11.9. The Bertz CT molecular complexity index is 567. The van der Waals surface area contributed by atoms with E-state index in [9.17, 15) is 4.79 Å². The fourth-order valence-corrected chi connectivity index (χ4v) is 2.46. The lowest BCUT2D eigenvalue weighted by atomic mass is 10.1. The van der Waals surface area contributed by atoms with Crippen LogP contribution in [-0.2, 0) is 9.53 Å². The van der Waals surface area contributed by atoms with Gasteiger partial charge in [0.25, 0.3) is 0 Å². The molecule has 0 bridgehead atoms. The predicted molar refractivity (Wildman–Crippen MR) is 121 cm³/mol. The Kier molecular flexibility index (Phi) is 14.7. The number of hydrogen-bond donors (Lipinski definition) is 2. The van der Waals surface area contributed by atoms with Crippen molar-refractivity contribution >= 4 is 35.9 Å². The van der Waals surface area contributed by atoms with Crippen LogP contribution in [0.4, 0.5) is 0 Å². The maximum absolute atomic E-state index is 11.0. The molecule has 0 radical (unpaired) electrons. The van der Waals surface area contributed by atoms with E-state index in [0.29, 0.717) is 13.0 Å². The average Bonchev–Trinajstić information content (AvgIpc) is 2.65. The summed E-state index contributed by atoms with van der Waals surface area (Å²) in [4.78, 5) is 15.3. The van der Waals surface area contributed by atoms with Gasteiger partial charge in [0.2, 0.25) is 0 Å². The molecule has 1 atom stereocenters. The van der Waals surface area contributed by atoms with E-state index >= 15 is 0 Å². The maximum Gasteiger partial charge on any atom is 0.305 e. The second-order valence-corrected chi connectivity index (χ2v) is 6.31. The molecule has 2 N–H and O–H groups in total. The van der Waals surface area contributed by atoms with Crippen LogP contribution in [0.1, 0.15) is 44.6 Å². The van der Waals surface area contributed by atoms with Crippen molar-refractivity contribution in [2.75, 3.05) is 27.2 Å². The zero-order valence-electron chi connectivity index (χ0n) is 16.9. The second kappa shape index (κ2) is 15.5. The van der Waals surface area contributed by atoms with E-state index < -0.39 is 0 Å². The maximum atomic E-state index is 11.0. The van der Waals surface area contributed by atoms with Crippen LogP contribution < -0.4 is 15.4 Å². The molecule has 0 saturated heterocycles. The summed E-state index contributed by atoms with van der Waals surface area (Å²) in [6.45, 7) is 5.60. The van der Waals surface area contributed by atoms with Crippen molar-refractivity contribution in [2.45, 2.75) is 52.1 Å². The number of unbranched alkanes of at least 4 members (excludes halogenated alkanes) is 3. The van der Waals surface area contributed by atoms with E-state index in [1.807, 2.05) is 38.1 Å². The smallest absolute Gasteiger partial charge is 0.305 e. The van der Waals surface area contributed by atoms with E-state index in [1.54, 1.807) is 7.05 Å². The summed E-state index contributed by atoms with van der Waals surface area (Å²) in [5, 5.41) is 6.59. The Morgan fingerprint density at radius 3 is 2.52 bits per heavy atom. The summed E-state index contributed by atoms with van der Waals surface area (Å²) in [5.74, 6) is 1.56. The molecule has 0 amide bonds. The predicted octanol–water partition coefficient (Wildman–Crippen LogP) is 3.67. The lowest BCUT2D eigenvalue weighted by molar-refractivity contribution is -0.140. The number of rotatable bonds is 11. The average molecular weight is 491 g/mol. The van der Waals surface area contributed by atoms with E-state index in [-0.39, 0.29) is 36.0 Å². The van der Waals surface area contributed by atoms with Crippen molar-refractivity contribution in [3.05, 3.63) is 29.8 Å². The highest BCUT2D eigenvalue weighted by atomic mass is 127. The van der Waals surface area contributed by atoms with Gasteiger partial charge in [-0.15, -0.1) is 24.0 Å². The second-order valence-electron chi connectivity index (χ2n) is 6.31. The molecule has 1 unspecified atom stereocenters. The van der Waals surface area contributed by atoms with Gasteiger partial charge in [-0.2, -0.15) is 0 Å². The number of ether oxygens (including phenoxy) is 2. The number of esters is 1. The minimum atomic E-state index is -0.130. The van der Waals surface area contributed by atoms with Gasteiger partial charge in [0.1, 0.15) is 11.9 Å². The van der Waals surface area contributed by atoms with Crippen molar-refractivity contribution in [1.29, 1.82) is 0 Å². The van der Waals surface area contributed by atoms with Gasteiger partial charge in [0.05, 0.1) is 13.7 Å². The standard InChI is InChI=1S/C20H33N3O3.HI/c1-16-11-8-9-12-18(16)26-17(2)15-23-20(21-3)22-14-10-6-5-7-13-19(24)25-4;/h8-9,11-12,17H,5-7,10,13-15H2,1-4H3,(H2,21,22,23);1H. The minimum absolute atomic E-state index is 0. The SMILES string of the molecule is CN=C(NCCCCCCC(=O)OC)NCC(C)Oc1ccccc1C.I. The Hall–Kier alpha value is -1.51. The summed E-state index contributed by atoms with van der Waals surface area (Å²) in [6.07, 6.45) is 4.57. The molecule has 7 heteroatoms. The highest BCUT2D eigenvalue weighted by Crippen LogP contribution is 2.17. The number of carbonyl (C=O) groups is 1. The summed E-state index contributed by atoms with van der Waals surface area (Å²) in [7, 11) is 3.19. The minimum Gasteiger partial charge on any atom is -0.489 e. The van der Waals surface area contributed by atoms with Gasteiger partial charge in [0, 0.05) is 20.0 Å². The highest BCUT2D eigenvalue weighted by Gasteiger charge is 2.07. The molecule has 0 spiro atoms. The summed E-state index contributed by atoms with van der Waals surface area (Å²) >= 11 is 0. The van der Waals surface area contributed by atoms with Gasteiger partial charge in [-0.05, 0) is 38.3 Å². The fourth-order valence-electron chi connectivity index (χ4n) is 2.46. The molecule has 0 aliphatic carbocycles. The van der Waals surface area contributed by atoms with Crippen LogP contribution in [0.5, 0.6) is 5.75 Å². The molecule has 0 fully saturated rings. The van der Waals surface area contributed by atoms with Crippen molar-refractivity contribution in [3.63, 3.8) is 0 Å². The summed E-state index contributed by atoms with van der Waals surface area (Å²) in [6, 6.07) is 8.01. The monoisotopic (exact) mass is 491 g/mol. The van der Waals surface area contributed by atoms with Crippen molar-refractivity contribution in [3.8, 4) is 5.75 Å².